The number of fused-ring (bicyclic) bond motifs is 1. The van der Waals surface area contributed by atoms with Gasteiger partial charge in [0.05, 0.1) is 5.92 Å². The molecule has 0 aromatic carbocycles. The average molecular weight is 180 g/mol. The molecule has 1 aliphatic heterocycles. The number of hydrogen-bond acceptors (Lipinski definition) is 2. The van der Waals surface area contributed by atoms with Gasteiger partial charge in [-0.15, -0.1) is 0 Å². The minimum atomic E-state index is -0.155. The van der Waals surface area contributed by atoms with Crippen molar-refractivity contribution in [1.29, 1.82) is 0 Å². The van der Waals surface area contributed by atoms with Crippen molar-refractivity contribution in [2.45, 2.75) is 39.2 Å². The van der Waals surface area contributed by atoms with Crippen LogP contribution in [0.1, 0.15) is 33.6 Å². The molecule has 0 aromatic heterocycles. The maximum Gasteiger partial charge on any atom is 0.309 e. The molecule has 13 heavy (non-hydrogen) atoms. The van der Waals surface area contributed by atoms with Crippen LogP contribution < -0.4 is 0 Å². The van der Waals surface area contributed by atoms with Crippen molar-refractivity contribution < 1.29 is 9.53 Å². The largest absolute Gasteiger partial charge is 0.458 e. The molecule has 0 spiro atoms. The van der Waals surface area contributed by atoms with E-state index in [-0.39, 0.29) is 22.9 Å². The Kier molecular flexibility index (Phi) is 1.08. The third-order valence-corrected chi connectivity index (χ3v) is 5.19. The monoisotopic (exact) mass is 180 g/mol. The summed E-state index contributed by atoms with van der Waals surface area (Å²) in [6.45, 7) is 6.65. The Hall–Kier alpha value is -0.530. The van der Waals surface area contributed by atoms with Gasteiger partial charge in [0, 0.05) is 11.3 Å². The number of hydrogen-bond donors (Lipinski definition) is 0. The normalized spacial score (nSPS) is 55.6. The smallest absolute Gasteiger partial charge is 0.309 e. The van der Waals surface area contributed by atoms with Crippen LogP contribution >= 0.6 is 0 Å². The van der Waals surface area contributed by atoms with Gasteiger partial charge in [-0.1, -0.05) is 13.8 Å². The van der Waals surface area contributed by atoms with Crippen molar-refractivity contribution in [3.05, 3.63) is 0 Å². The summed E-state index contributed by atoms with van der Waals surface area (Å²) >= 11 is 0. The van der Waals surface area contributed by atoms with Crippen molar-refractivity contribution in [3.8, 4) is 0 Å². The summed E-state index contributed by atoms with van der Waals surface area (Å²) in [4.78, 5) is 11.6. The lowest BCUT2D eigenvalue weighted by Crippen LogP contribution is -2.45. The van der Waals surface area contributed by atoms with Crippen LogP contribution in [0.3, 0.4) is 0 Å². The van der Waals surface area contributed by atoms with E-state index in [9.17, 15) is 4.79 Å². The zero-order chi connectivity index (χ0) is 9.43. The molecule has 0 N–H and O–H groups in total. The molecule has 2 heteroatoms. The zero-order valence-electron chi connectivity index (χ0n) is 8.46. The maximum absolute atomic E-state index is 11.6. The van der Waals surface area contributed by atoms with Gasteiger partial charge in [-0.25, -0.2) is 0 Å². The Labute approximate surface area is 78.6 Å². The first kappa shape index (κ1) is 7.84. The Bertz CT molecular complexity index is 294. The summed E-state index contributed by atoms with van der Waals surface area (Å²) in [5.74, 6) is 1.53. The molecule has 2 aliphatic carbocycles. The predicted molar refractivity (Wildman–Crippen MR) is 48.0 cm³/mol. The molecular weight excluding hydrogens is 164 g/mol. The number of carbonyl (C=O) groups is 1. The molecule has 0 amide bonds. The Morgan fingerprint density at radius 2 is 2.00 bits per heavy atom. The van der Waals surface area contributed by atoms with Crippen molar-refractivity contribution in [1.82, 2.24) is 0 Å². The molecule has 4 unspecified atom stereocenters. The molecule has 3 aliphatic rings. The summed E-state index contributed by atoms with van der Waals surface area (Å²) in [5, 5.41) is 0. The minimum absolute atomic E-state index is 0.0700. The van der Waals surface area contributed by atoms with Crippen LogP contribution in [0.15, 0.2) is 0 Å². The van der Waals surface area contributed by atoms with Gasteiger partial charge in [0.1, 0.15) is 5.60 Å². The number of ether oxygens (including phenoxy) is 1. The SMILES string of the molecule is CC1(C)C2CC3C(=O)OC1(C)C3C2. The van der Waals surface area contributed by atoms with E-state index in [1.54, 1.807) is 0 Å². The zero-order valence-corrected chi connectivity index (χ0v) is 8.46. The third kappa shape index (κ3) is 0.598. The van der Waals surface area contributed by atoms with Gasteiger partial charge in [-0.3, -0.25) is 4.79 Å². The van der Waals surface area contributed by atoms with Crippen LogP contribution in [0.5, 0.6) is 0 Å². The Balaban J connectivity index is 2.15. The van der Waals surface area contributed by atoms with Crippen LogP contribution in [0.2, 0.25) is 0 Å². The number of carbonyl (C=O) groups excluding carboxylic acids is 1. The fraction of sp³-hybridized carbons (Fsp3) is 0.909. The fourth-order valence-electron chi connectivity index (χ4n) is 3.87. The molecule has 2 nitrogen and oxygen atoms in total. The minimum Gasteiger partial charge on any atom is -0.458 e. The van der Waals surface area contributed by atoms with Gasteiger partial charge < -0.3 is 4.74 Å². The lowest BCUT2D eigenvalue weighted by atomic mass is 9.65. The van der Waals surface area contributed by atoms with Crippen molar-refractivity contribution >= 4 is 5.97 Å². The first-order valence-corrected chi connectivity index (χ1v) is 5.19. The van der Waals surface area contributed by atoms with Gasteiger partial charge in [0.25, 0.3) is 0 Å². The summed E-state index contributed by atoms with van der Waals surface area (Å²) < 4.78 is 5.60. The van der Waals surface area contributed by atoms with Crippen LogP contribution in [0, 0.1) is 23.2 Å². The Morgan fingerprint density at radius 1 is 1.31 bits per heavy atom. The molecule has 3 rings (SSSR count). The molecule has 0 aromatic rings. The molecule has 2 saturated carbocycles. The van der Waals surface area contributed by atoms with Crippen molar-refractivity contribution in [2.75, 3.05) is 0 Å². The van der Waals surface area contributed by atoms with Gasteiger partial charge in [0.15, 0.2) is 0 Å². The van der Waals surface area contributed by atoms with Gasteiger partial charge in [0.2, 0.25) is 0 Å². The van der Waals surface area contributed by atoms with Crippen molar-refractivity contribution in [3.63, 3.8) is 0 Å². The summed E-state index contributed by atoms with van der Waals surface area (Å²) in [7, 11) is 0. The number of esters is 1. The predicted octanol–water partition coefficient (Wildman–Crippen LogP) is 1.98. The fourth-order valence-corrected chi connectivity index (χ4v) is 3.87. The quantitative estimate of drug-likeness (QED) is 0.533. The standard InChI is InChI=1S/C11H16O2/c1-10(2)6-4-7-8(5-6)11(10,3)13-9(7)12/h6-8H,4-5H2,1-3H3. The van der Waals surface area contributed by atoms with Gasteiger partial charge in [-0.05, 0) is 25.7 Å². The molecule has 72 valence electrons. The van der Waals surface area contributed by atoms with E-state index in [0.29, 0.717) is 11.8 Å². The summed E-state index contributed by atoms with van der Waals surface area (Å²) in [6, 6.07) is 0. The van der Waals surface area contributed by atoms with Crippen LogP contribution in [0.25, 0.3) is 0 Å². The van der Waals surface area contributed by atoms with Gasteiger partial charge >= 0.3 is 5.97 Å². The summed E-state index contributed by atoms with van der Waals surface area (Å²) in [5.41, 5.74) is 0.0397. The Morgan fingerprint density at radius 3 is 2.54 bits per heavy atom. The molecule has 1 saturated heterocycles. The topological polar surface area (TPSA) is 26.3 Å². The average Bonchev–Trinajstić information content (AvgIpc) is 2.56. The first-order chi connectivity index (χ1) is 5.97. The molecule has 1 heterocycles. The lowest BCUT2D eigenvalue weighted by molar-refractivity contribution is -0.156. The van der Waals surface area contributed by atoms with E-state index in [4.69, 9.17) is 4.74 Å². The summed E-state index contributed by atoms with van der Waals surface area (Å²) in [6.07, 6.45) is 2.28. The second-order valence-electron chi connectivity index (χ2n) is 5.63. The van der Waals surface area contributed by atoms with E-state index in [1.807, 2.05) is 0 Å². The molecule has 4 atom stereocenters. The first-order valence-electron chi connectivity index (χ1n) is 5.19. The highest BCUT2D eigenvalue weighted by Gasteiger charge is 2.71. The van der Waals surface area contributed by atoms with E-state index in [1.165, 1.54) is 6.42 Å². The van der Waals surface area contributed by atoms with Gasteiger partial charge in [-0.2, -0.15) is 0 Å². The highest BCUT2D eigenvalue weighted by atomic mass is 16.6. The van der Waals surface area contributed by atoms with Crippen LogP contribution in [-0.4, -0.2) is 11.6 Å². The lowest BCUT2D eigenvalue weighted by Gasteiger charge is -2.41. The number of rotatable bonds is 0. The molecular formula is C11H16O2. The van der Waals surface area contributed by atoms with E-state index in [2.05, 4.69) is 20.8 Å². The molecule has 3 fully saturated rings. The van der Waals surface area contributed by atoms with E-state index >= 15 is 0 Å². The molecule has 0 radical (unpaired) electrons. The second kappa shape index (κ2) is 1.79. The highest BCUT2D eigenvalue weighted by Crippen LogP contribution is 2.68. The van der Waals surface area contributed by atoms with E-state index < -0.39 is 0 Å². The van der Waals surface area contributed by atoms with Crippen molar-refractivity contribution in [2.24, 2.45) is 23.2 Å². The van der Waals surface area contributed by atoms with E-state index in [0.717, 1.165) is 6.42 Å². The maximum atomic E-state index is 11.6. The third-order valence-electron chi connectivity index (χ3n) is 5.19. The van der Waals surface area contributed by atoms with Crippen LogP contribution in [0.4, 0.5) is 0 Å². The molecule has 2 bridgehead atoms. The highest BCUT2D eigenvalue weighted by molar-refractivity contribution is 5.77. The van der Waals surface area contributed by atoms with Crippen LogP contribution in [-0.2, 0) is 9.53 Å². The second-order valence-corrected chi connectivity index (χ2v) is 5.63.